The average molecular weight is 428 g/mol. The first-order chi connectivity index (χ1) is 15.3. The smallest absolute Gasteiger partial charge is 0.171 e. The van der Waals surface area contributed by atoms with E-state index in [0.29, 0.717) is 22.9 Å². The van der Waals surface area contributed by atoms with Gasteiger partial charge in [0.05, 0.1) is 11.4 Å². The zero-order valence-corrected chi connectivity index (χ0v) is 18.2. The molecule has 0 spiro atoms. The molecule has 0 saturated heterocycles. The summed E-state index contributed by atoms with van der Waals surface area (Å²) in [5, 5.41) is 31.4. The van der Waals surface area contributed by atoms with E-state index in [1.165, 1.54) is 0 Å². The van der Waals surface area contributed by atoms with Crippen molar-refractivity contribution in [1.29, 1.82) is 0 Å². The lowest BCUT2D eigenvalue weighted by Gasteiger charge is -2.27. The van der Waals surface area contributed by atoms with Crippen LogP contribution in [0.3, 0.4) is 0 Å². The second kappa shape index (κ2) is 8.55. The van der Waals surface area contributed by atoms with Gasteiger partial charge in [-0.15, -0.1) is 0 Å². The van der Waals surface area contributed by atoms with Gasteiger partial charge in [-0.3, -0.25) is 0 Å². The second-order valence-corrected chi connectivity index (χ2v) is 7.84. The lowest BCUT2D eigenvalue weighted by Crippen LogP contribution is -2.10. The summed E-state index contributed by atoms with van der Waals surface area (Å²) in [7, 11) is 0. The highest BCUT2D eigenvalue weighted by Gasteiger charge is 2.19. The number of benzene rings is 4. The van der Waals surface area contributed by atoms with Crippen LogP contribution >= 0.6 is 0 Å². The Bertz CT molecular complexity index is 1190. The van der Waals surface area contributed by atoms with Gasteiger partial charge >= 0.3 is 0 Å². The van der Waals surface area contributed by atoms with Crippen LogP contribution in [0.4, 0.5) is 17.1 Å². The van der Waals surface area contributed by atoms with E-state index in [1.807, 2.05) is 63.2 Å². The third-order valence-corrected chi connectivity index (χ3v) is 5.25. The van der Waals surface area contributed by atoms with E-state index in [9.17, 15) is 15.3 Å². The van der Waals surface area contributed by atoms with Crippen molar-refractivity contribution in [3.63, 3.8) is 0 Å². The van der Waals surface area contributed by atoms with Crippen molar-refractivity contribution in [2.24, 2.45) is 0 Å². The van der Waals surface area contributed by atoms with Gasteiger partial charge in [0.1, 0.15) is 17.2 Å². The zero-order valence-electron chi connectivity index (χ0n) is 18.2. The van der Waals surface area contributed by atoms with E-state index in [2.05, 4.69) is 0 Å². The fourth-order valence-electron chi connectivity index (χ4n) is 3.60. The Morgan fingerprint density at radius 2 is 1.19 bits per heavy atom. The molecule has 0 aliphatic rings. The van der Waals surface area contributed by atoms with Crippen LogP contribution in [0.5, 0.6) is 28.7 Å². The lowest BCUT2D eigenvalue weighted by molar-refractivity contribution is 0.409. The molecule has 4 rings (SSSR count). The fourth-order valence-corrected chi connectivity index (χ4v) is 3.60. The molecular formula is C27H25NO4. The summed E-state index contributed by atoms with van der Waals surface area (Å²) in [5.41, 5.74) is 4.50. The standard InChI is InChI=1S/C27H25NO4/c1-17-7-13-22(25(30)15-17)28(23-14-8-18(2)16-26(23)31)20-9-11-21(12-10-20)32-27-19(3)5-4-6-24(27)29/h4-16,29-31H,1-3H3. The molecule has 0 saturated carbocycles. The van der Waals surface area contributed by atoms with Gasteiger partial charge in [-0.05, 0) is 92.1 Å². The van der Waals surface area contributed by atoms with E-state index in [1.54, 1.807) is 41.3 Å². The monoisotopic (exact) mass is 427 g/mol. The van der Waals surface area contributed by atoms with Crippen LogP contribution in [-0.2, 0) is 0 Å². The third kappa shape index (κ3) is 4.18. The van der Waals surface area contributed by atoms with Crippen LogP contribution < -0.4 is 9.64 Å². The summed E-state index contributed by atoms with van der Waals surface area (Å²) in [6, 6.07) is 23.3. The summed E-state index contributed by atoms with van der Waals surface area (Å²) < 4.78 is 5.90. The summed E-state index contributed by atoms with van der Waals surface area (Å²) in [6.07, 6.45) is 0. The first kappa shape index (κ1) is 21.1. The Morgan fingerprint density at radius 1 is 0.625 bits per heavy atom. The fraction of sp³-hybridized carbons (Fsp3) is 0.111. The lowest BCUT2D eigenvalue weighted by atomic mass is 10.1. The highest BCUT2D eigenvalue weighted by molar-refractivity contribution is 5.83. The Kier molecular flexibility index (Phi) is 5.65. The van der Waals surface area contributed by atoms with Gasteiger partial charge < -0.3 is 25.0 Å². The molecule has 0 aromatic heterocycles. The highest BCUT2D eigenvalue weighted by Crippen LogP contribution is 2.44. The molecule has 162 valence electrons. The minimum Gasteiger partial charge on any atom is -0.506 e. The van der Waals surface area contributed by atoms with Crippen molar-refractivity contribution >= 4 is 17.1 Å². The van der Waals surface area contributed by atoms with Crippen molar-refractivity contribution in [3.8, 4) is 28.7 Å². The number of phenols is 3. The minimum absolute atomic E-state index is 0.0739. The molecule has 3 N–H and O–H groups in total. The molecule has 0 unspecified atom stereocenters. The van der Waals surface area contributed by atoms with E-state index in [-0.39, 0.29) is 17.2 Å². The van der Waals surface area contributed by atoms with Crippen molar-refractivity contribution in [1.82, 2.24) is 0 Å². The number of aryl methyl sites for hydroxylation is 3. The number of phenolic OH excluding ortho intramolecular Hbond substituents is 3. The average Bonchev–Trinajstić information content (AvgIpc) is 2.75. The van der Waals surface area contributed by atoms with Crippen LogP contribution in [0.1, 0.15) is 16.7 Å². The Hall–Kier alpha value is -4.12. The molecule has 0 amide bonds. The van der Waals surface area contributed by atoms with E-state index in [4.69, 9.17) is 4.74 Å². The van der Waals surface area contributed by atoms with Gasteiger partial charge in [-0.2, -0.15) is 0 Å². The largest absolute Gasteiger partial charge is 0.506 e. The van der Waals surface area contributed by atoms with Gasteiger partial charge in [-0.25, -0.2) is 0 Å². The van der Waals surface area contributed by atoms with Crippen LogP contribution in [0, 0.1) is 20.8 Å². The Labute approximate surface area is 187 Å². The maximum absolute atomic E-state index is 10.7. The van der Waals surface area contributed by atoms with Crippen LogP contribution in [0.25, 0.3) is 0 Å². The SMILES string of the molecule is Cc1ccc(N(c2ccc(Oc3c(C)cccc3O)cc2)c2ccc(C)cc2O)c(O)c1. The Morgan fingerprint density at radius 3 is 1.69 bits per heavy atom. The summed E-state index contributed by atoms with van der Waals surface area (Å²) in [5.74, 6) is 1.25. The summed E-state index contributed by atoms with van der Waals surface area (Å²) in [6.45, 7) is 5.68. The number of hydrogen-bond acceptors (Lipinski definition) is 5. The predicted molar refractivity (Wildman–Crippen MR) is 127 cm³/mol. The molecule has 0 fully saturated rings. The van der Waals surface area contributed by atoms with Crippen molar-refractivity contribution in [2.75, 3.05) is 4.90 Å². The predicted octanol–water partition coefficient (Wildman–Crippen LogP) is 6.99. The van der Waals surface area contributed by atoms with Crippen molar-refractivity contribution in [2.45, 2.75) is 20.8 Å². The van der Waals surface area contributed by atoms with E-state index >= 15 is 0 Å². The Balaban J connectivity index is 1.76. The third-order valence-electron chi connectivity index (χ3n) is 5.25. The second-order valence-electron chi connectivity index (χ2n) is 7.84. The summed E-state index contributed by atoms with van der Waals surface area (Å²) >= 11 is 0. The number of ether oxygens (including phenoxy) is 1. The number of hydrogen-bond donors (Lipinski definition) is 3. The molecule has 4 aromatic carbocycles. The zero-order chi connectivity index (χ0) is 22.8. The van der Waals surface area contributed by atoms with Gasteiger partial charge in [0.2, 0.25) is 0 Å². The van der Waals surface area contributed by atoms with Gasteiger partial charge in [0.25, 0.3) is 0 Å². The number of nitrogens with zero attached hydrogens (tertiary/aromatic N) is 1. The highest BCUT2D eigenvalue weighted by atomic mass is 16.5. The van der Waals surface area contributed by atoms with Gasteiger partial charge in [0.15, 0.2) is 11.5 Å². The molecule has 0 aliphatic carbocycles. The number of aromatic hydroxyl groups is 3. The topological polar surface area (TPSA) is 73.2 Å². The normalized spacial score (nSPS) is 10.7. The molecule has 0 aliphatic heterocycles. The quantitative estimate of drug-likeness (QED) is 0.320. The number of rotatable bonds is 5. The molecule has 32 heavy (non-hydrogen) atoms. The first-order valence-electron chi connectivity index (χ1n) is 10.3. The van der Waals surface area contributed by atoms with Crippen LogP contribution in [-0.4, -0.2) is 15.3 Å². The van der Waals surface area contributed by atoms with Gasteiger partial charge in [-0.1, -0.05) is 24.3 Å². The number of anilines is 3. The van der Waals surface area contributed by atoms with E-state index < -0.39 is 0 Å². The minimum atomic E-state index is 0.0739. The molecule has 0 bridgehead atoms. The van der Waals surface area contributed by atoms with Crippen LogP contribution in [0.2, 0.25) is 0 Å². The molecule has 4 aromatic rings. The van der Waals surface area contributed by atoms with Crippen molar-refractivity contribution < 1.29 is 20.1 Å². The molecule has 0 radical (unpaired) electrons. The molecule has 5 nitrogen and oxygen atoms in total. The first-order valence-corrected chi connectivity index (χ1v) is 10.3. The molecule has 0 heterocycles. The molecule has 0 atom stereocenters. The number of para-hydroxylation sites is 1. The maximum Gasteiger partial charge on any atom is 0.171 e. The maximum atomic E-state index is 10.7. The van der Waals surface area contributed by atoms with Crippen molar-refractivity contribution in [3.05, 3.63) is 95.6 Å². The van der Waals surface area contributed by atoms with Gasteiger partial charge in [0, 0.05) is 5.69 Å². The summed E-state index contributed by atoms with van der Waals surface area (Å²) in [4.78, 5) is 1.79. The van der Waals surface area contributed by atoms with Crippen LogP contribution in [0.15, 0.2) is 78.9 Å². The van der Waals surface area contributed by atoms with E-state index in [0.717, 1.165) is 22.4 Å². The molecular weight excluding hydrogens is 402 g/mol. The molecule has 5 heteroatoms.